The first-order valence-electron chi connectivity index (χ1n) is 11.0. The topological polar surface area (TPSA) is 38.3 Å². The smallest absolute Gasteiger partial charge is 0.412 e. The highest BCUT2D eigenvalue weighted by Crippen LogP contribution is 2.48. The van der Waals surface area contributed by atoms with E-state index in [-0.39, 0.29) is 29.7 Å². The fourth-order valence-electron chi connectivity index (χ4n) is 4.12. The molecule has 6 heteroatoms. The molecule has 1 fully saturated rings. The molecule has 2 rings (SSSR count). The van der Waals surface area contributed by atoms with Gasteiger partial charge in [0.05, 0.1) is 0 Å². The number of carbonyl (C=O) groups excluding carboxylic acids is 1. The van der Waals surface area contributed by atoms with Crippen molar-refractivity contribution in [2.45, 2.75) is 85.0 Å². The van der Waals surface area contributed by atoms with E-state index in [2.05, 4.69) is 30.5 Å². The van der Waals surface area contributed by atoms with Crippen LogP contribution in [0.25, 0.3) is 0 Å². The molecule has 1 amide bonds. The van der Waals surface area contributed by atoms with Gasteiger partial charge in [0, 0.05) is 17.0 Å². The Bertz CT molecular complexity index is 771. The predicted molar refractivity (Wildman–Crippen MR) is 119 cm³/mol. The molecule has 31 heavy (non-hydrogen) atoms. The molecule has 0 heterocycles. The average Bonchev–Trinajstić information content (AvgIpc) is 3.39. The minimum atomic E-state index is -4.25. The van der Waals surface area contributed by atoms with E-state index in [0.717, 1.165) is 12.0 Å². The van der Waals surface area contributed by atoms with Crippen LogP contribution in [0.5, 0.6) is 0 Å². The van der Waals surface area contributed by atoms with E-state index in [1.54, 1.807) is 0 Å². The SMILES string of the molecule is C/C=C\[C@@](C)(/C=C\CC(C)C1=CCCC(C(F)(F)F)=C1)[C@H]1C[C@@H]1NC(=O)OC(C)(C)C. The Morgan fingerprint density at radius 1 is 1.26 bits per heavy atom. The second-order valence-corrected chi connectivity index (χ2v) is 9.91. The minimum Gasteiger partial charge on any atom is -0.444 e. The average molecular weight is 440 g/mol. The number of alkyl carbamates (subject to hydrolysis) is 1. The van der Waals surface area contributed by atoms with Crippen LogP contribution in [-0.4, -0.2) is 23.9 Å². The zero-order valence-corrected chi connectivity index (χ0v) is 19.5. The molecule has 1 unspecified atom stereocenters. The maximum atomic E-state index is 13.0. The van der Waals surface area contributed by atoms with E-state index >= 15 is 0 Å². The van der Waals surface area contributed by atoms with E-state index in [4.69, 9.17) is 4.74 Å². The largest absolute Gasteiger partial charge is 0.444 e. The first-order chi connectivity index (χ1) is 14.2. The van der Waals surface area contributed by atoms with Crippen LogP contribution in [0.1, 0.15) is 67.2 Å². The molecule has 0 aromatic heterocycles. The first-order valence-corrected chi connectivity index (χ1v) is 11.0. The van der Waals surface area contributed by atoms with Crippen molar-refractivity contribution >= 4 is 6.09 Å². The zero-order valence-electron chi connectivity index (χ0n) is 19.5. The minimum absolute atomic E-state index is 0.0126. The number of nitrogens with one attached hydrogen (secondary N) is 1. The molecule has 0 bridgehead atoms. The van der Waals surface area contributed by atoms with Crippen LogP contribution < -0.4 is 5.32 Å². The molecule has 2 aliphatic carbocycles. The molecule has 0 radical (unpaired) electrons. The van der Waals surface area contributed by atoms with Gasteiger partial charge >= 0.3 is 12.3 Å². The van der Waals surface area contributed by atoms with Gasteiger partial charge in [-0.1, -0.05) is 50.3 Å². The highest BCUT2D eigenvalue weighted by atomic mass is 19.4. The van der Waals surface area contributed by atoms with Crippen LogP contribution in [0.2, 0.25) is 0 Å². The molecule has 0 saturated heterocycles. The normalized spacial score (nSPS) is 25.1. The van der Waals surface area contributed by atoms with E-state index in [1.807, 2.05) is 46.8 Å². The van der Waals surface area contributed by atoms with Gasteiger partial charge in [0.1, 0.15) is 5.60 Å². The number of rotatable bonds is 7. The van der Waals surface area contributed by atoms with Gasteiger partial charge in [-0.2, -0.15) is 13.2 Å². The molecule has 3 nitrogen and oxygen atoms in total. The number of hydrogen-bond donors (Lipinski definition) is 1. The third kappa shape index (κ3) is 7.58. The number of ether oxygens (including phenoxy) is 1. The summed E-state index contributed by atoms with van der Waals surface area (Å²) in [6.45, 7) is 11.5. The molecule has 0 spiro atoms. The zero-order chi connectivity index (χ0) is 23.4. The van der Waals surface area contributed by atoms with Gasteiger partial charge in [-0.3, -0.25) is 0 Å². The van der Waals surface area contributed by atoms with Crippen molar-refractivity contribution in [1.82, 2.24) is 5.32 Å². The monoisotopic (exact) mass is 439 g/mol. The fraction of sp³-hybridized carbons (Fsp3) is 0.640. The molecule has 2 aliphatic rings. The van der Waals surface area contributed by atoms with Gasteiger partial charge in [-0.25, -0.2) is 4.79 Å². The first kappa shape index (κ1) is 25.3. The number of halogens is 3. The van der Waals surface area contributed by atoms with Crippen molar-refractivity contribution in [1.29, 1.82) is 0 Å². The predicted octanol–water partition coefficient (Wildman–Crippen LogP) is 7.27. The Balaban J connectivity index is 1.98. The fourth-order valence-corrected chi connectivity index (χ4v) is 4.12. The Morgan fingerprint density at radius 2 is 1.94 bits per heavy atom. The second-order valence-electron chi connectivity index (χ2n) is 9.91. The number of hydrogen-bond acceptors (Lipinski definition) is 2. The van der Waals surface area contributed by atoms with E-state index < -0.39 is 23.4 Å². The third-order valence-electron chi connectivity index (χ3n) is 5.85. The molecule has 0 aromatic rings. The lowest BCUT2D eigenvalue weighted by molar-refractivity contribution is -0.0941. The van der Waals surface area contributed by atoms with Gasteiger partial charge in [0.15, 0.2) is 0 Å². The van der Waals surface area contributed by atoms with Crippen LogP contribution in [0, 0.1) is 17.3 Å². The number of carbonyl (C=O) groups is 1. The van der Waals surface area contributed by atoms with Gasteiger partial charge < -0.3 is 10.1 Å². The molecule has 174 valence electrons. The Kier molecular flexibility index (Phi) is 7.88. The van der Waals surface area contributed by atoms with Crippen molar-refractivity contribution in [3.63, 3.8) is 0 Å². The van der Waals surface area contributed by atoms with Crippen LogP contribution in [0.15, 0.2) is 47.6 Å². The van der Waals surface area contributed by atoms with Crippen LogP contribution >= 0.6 is 0 Å². The Hall–Kier alpha value is -1.98. The maximum absolute atomic E-state index is 13.0. The molecule has 0 aromatic carbocycles. The number of allylic oxidation sites excluding steroid dienone is 8. The van der Waals surface area contributed by atoms with Crippen molar-refractivity contribution in [2.75, 3.05) is 0 Å². The van der Waals surface area contributed by atoms with Crippen LogP contribution in [-0.2, 0) is 4.74 Å². The standard InChI is InChI=1S/C25H36F3NO2/c1-7-13-24(6,20-16-21(20)29-22(30)31-23(3,4)5)14-9-10-17(2)18-11-8-12-19(15-18)25(26,27)28/h7,9,11,13-15,17,20-21H,8,10,12,16H2,1-6H3,(H,29,30)/b13-7-,14-9-/t17?,20-,21-,24-/m0/s1. The van der Waals surface area contributed by atoms with Gasteiger partial charge in [-0.15, -0.1) is 0 Å². The summed E-state index contributed by atoms with van der Waals surface area (Å²) in [6, 6.07) is 0.0523. The quantitative estimate of drug-likeness (QED) is 0.424. The summed E-state index contributed by atoms with van der Waals surface area (Å²) in [5.74, 6) is 0.270. The lowest BCUT2D eigenvalue weighted by Gasteiger charge is -2.24. The highest BCUT2D eigenvalue weighted by molar-refractivity contribution is 5.68. The molecule has 0 aliphatic heterocycles. The molecular formula is C25H36F3NO2. The maximum Gasteiger partial charge on any atom is 0.412 e. The summed E-state index contributed by atoms with van der Waals surface area (Å²) in [5.41, 5.74) is -0.451. The Morgan fingerprint density at radius 3 is 2.52 bits per heavy atom. The molecular weight excluding hydrogens is 403 g/mol. The highest BCUT2D eigenvalue weighted by Gasteiger charge is 2.48. The summed E-state index contributed by atoms with van der Waals surface area (Å²) >= 11 is 0. The summed E-state index contributed by atoms with van der Waals surface area (Å²) in [4.78, 5) is 12.1. The summed E-state index contributed by atoms with van der Waals surface area (Å²) in [6.07, 6.45) is 8.91. The molecule has 4 atom stereocenters. The lowest BCUT2D eigenvalue weighted by atomic mass is 9.82. The van der Waals surface area contributed by atoms with Crippen LogP contribution in [0.3, 0.4) is 0 Å². The van der Waals surface area contributed by atoms with E-state index in [0.29, 0.717) is 12.8 Å². The summed E-state index contributed by atoms with van der Waals surface area (Å²) < 4.78 is 44.4. The van der Waals surface area contributed by atoms with Gasteiger partial charge in [0.2, 0.25) is 0 Å². The van der Waals surface area contributed by atoms with Crippen molar-refractivity contribution in [3.05, 3.63) is 47.6 Å². The number of alkyl halides is 3. The summed E-state index contributed by atoms with van der Waals surface area (Å²) in [5, 5.41) is 2.94. The van der Waals surface area contributed by atoms with Crippen LogP contribution in [0.4, 0.5) is 18.0 Å². The van der Waals surface area contributed by atoms with Gasteiger partial charge in [-0.05, 0) is 70.8 Å². The van der Waals surface area contributed by atoms with Crippen molar-refractivity contribution in [2.24, 2.45) is 17.3 Å². The third-order valence-corrected chi connectivity index (χ3v) is 5.85. The number of amides is 1. The molecule has 1 N–H and O–H groups in total. The van der Waals surface area contributed by atoms with Crippen molar-refractivity contribution < 1.29 is 22.7 Å². The Labute approximate surface area is 184 Å². The lowest BCUT2D eigenvalue weighted by Crippen LogP contribution is -2.35. The molecule has 1 saturated carbocycles. The van der Waals surface area contributed by atoms with Crippen molar-refractivity contribution in [3.8, 4) is 0 Å². The van der Waals surface area contributed by atoms with E-state index in [1.165, 1.54) is 6.08 Å². The second kappa shape index (κ2) is 9.66. The van der Waals surface area contributed by atoms with Gasteiger partial charge in [0.25, 0.3) is 0 Å². The summed E-state index contributed by atoms with van der Waals surface area (Å²) in [7, 11) is 0. The van der Waals surface area contributed by atoms with E-state index in [9.17, 15) is 18.0 Å².